The van der Waals surface area contributed by atoms with Gasteiger partial charge in [-0.15, -0.1) is 0 Å². The summed E-state index contributed by atoms with van der Waals surface area (Å²) in [5.74, 6) is -4.35. The van der Waals surface area contributed by atoms with Gasteiger partial charge in [0, 0.05) is 44.7 Å². The van der Waals surface area contributed by atoms with Crippen molar-refractivity contribution >= 4 is 58.5 Å². The molecule has 4 fully saturated rings. The smallest absolute Gasteiger partial charge is 0.403 e. The van der Waals surface area contributed by atoms with Crippen molar-refractivity contribution in [3.8, 4) is 11.8 Å². The molecule has 0 aliphatic carbocycles. The lowest BCUT2D eigenvalue weighted by Gasteiger charge is -2.45. The number of carbonyl (C=O) groups is 4. The summed E-state index contributed by atoms with van der Waals surface area (Å²) in [7, 11) is 0. The first-order valence-electron chi connectivity index (χ1n) is 26.1. The third-order valence-electron chi connectivity index (χ3n) is 13.5. The molecular formula is C51H63F6N13O11. The summed E-state index contributed by atoms with van der Waals surface area (Å²) in [5, 5.41) is 14.9. The number of nitrogens with two attached hydrogens (primary N) is 1. The summed E-state index contributed by atoms with van der Waals surface area (Å²) in [4.78, 5) is 83.2. The van der Waals surface area contributed by atoms with E-state index < -0.39 is 66.1 Å². The Labute approximate surface area is 461 Å². The Morgan fingerprint density at radius 1 is 0.704 bits per heavy atom. The van der Waals surface area contributed by atoms with E-state index in [9.17, 15) is 50.6 Å². The van der Waals surface area contributed by atoms with Gasteiger partial charge in [0.25, 0.3) is 0 Å². The van der Waals surface area contributed by atoms with E-state index in [4.69, 9.17) is 28.4 Å². The van der Waals surface area contributed by atoms with Crippen molar-refractivity contribution in [2.75, 3.05) is 82.8 Å². The van der Waals surface area contributed by atoms with Crippen molar-refractivity contribution in [1.29, 1.82) is 0 Å². The first kappa shape index (κ1) is 59.8. The Kier molecular flexibility index (Phi) is 18.1. The molecule has 4 aromatic heterocycles. The molecule has 0 unspecified atom stereocenters. The minimum absolute atomic E-state index is 0.139. The Bertz CT molecular complexity index is 2920. The zero-order chi connectivity index (χ0) is 58.6. The molecule has 4 bridgehead atoms. The van der Waals surface area contributed by atoms with Crippen molar-refractivity contribution < 1.29 is 79.0 Å². The fraction of sp³-hybridized carbons (Fsp3) is 0.569. The van der Waals surface area contributed by atoms with Gasteiger partial charge in [0.1, 0.15) is 37.1 Å². The van der Waals surface area contributed by atoms with Gasteiger partial charge in [0.05, 0.1) is 61.0 Å². The molecule has 24 nitrogen and oxygen atoms in total. The average molecular weight is 1150 g/mol. The first-order chi connectivity index (χ1) is 38.1. The number of ether oxygens (including phenoxy) is 6. The number of piperidine rings is 2. The zero-order valence-electron chi connectivity index (χ0n) is 45.1. The molecule has 81 heavy (non-hydrogen) atoms. The van der Waals surface area contributed by atoms with Crippen molar-refractivity contribution in [3.63, 3.8) is 0 Å². The van der Waals surface area contributed by atoms with Crippen LogP contribution in [0.3, 0.4) is 0 Å². The number of anilines is 6. The van der Waals surface area contributed by atoms with Gasteiger partial charge in [0.15, 0.2) is 29.0 Å². The number of aromatic carboxylic acids is 1. The number of amides is 4. The van der Waals surface area contributed by atoms with E-state index in [0.29, 0.717) is 62.3 Å². The fourth-order valence-corrected chi connectivity index (χ4v) is 9.41. The normalized spacial score (nSPS) is 22.1. The quantitative estimate of drug-likeness (QED) is 0.0805. The number of Topliss-reactive ketones (excluding diaryl/α,β-unsaturated/α-hetero) is 1. The molecule has 10 rings (SSSR count). The summed E-state index contributed by atoms with van der Waals surface area (Å²) in [5.41, 5.74) is 5.63. The maximum absolute atomic E-state index is 13.6. The largest absolute Gasteiger partial charge is 0.475 e. The number of carboxylic acids is 1. The maximum atomic E-state index is 13.6. The molecule has 4 amide bonds. The molecule has 5 N–H and O–H groups in total. The summed E-state index contributed by atoms with van der Waals surface area (Å²) >= 11 is 0. The second-order valence-corrected chi connectivity index (χ2v) is 20.8. The summed E-state index contributed by atoms with van der Waals surface area (Å²) in [6, 6.07) is 6.94. The number of pyridine rings is 2. The number of hydrogen-bond acceptors (Lipinski definition) is 19. The maximum Gasteiger partial charge on any atom is 0.403 e. The van der Waals surface area contributed by atoms with Gasteiger partial charge in [-0.3, -0.25) is 25.2 Å². The van der Waals surface area contributed by atoms with E-state index in [-0.39, 0.29) is 72.5 Å². The van der Waals surface area contributed by atoms with Crippen LogP contribution >= 0.6 is 0 Å². The predicted octanol–water partition coefficient (Wildman–Crippen LogP) is 7.21. The molecule has 440 valence electrons. The third-order valence-corrected chi connectivity index (χ3v) is 13.5. The number of urea groups is 2. The number of carboxylic acid groups (broad SMARTS) is 1. The molecule has 0 spiro atoms. The number of aromatic nitrogens is 6. The standard InChI is InChI=1S/C26H31F3N6O5.C22H26N6O6.C3H6F3N/c1-15(26(27,28)29)10-19(36)22-30-11-18-23(33-22)35(16-6-5-9-34(18)12-16)24(37)32-20-7-4-8-21(31-20)38-13-17-14-39-25(2,3)40-17;1-22(2)33-12-14(34-22)11-32-17-7-3-6-16(24-17)25-21(31)28-13-5-4-8-27(10-13)15-9-23-18(20(29)30)26-19(15)28;1-2(7)3(4,5)6/h4,7-8,11,15-17H,5-6,9-10,12-14H2,1-3H3,(H,31,32,37);3,6-7,9,13-14H,4-5,8,10-12H2,1-2H3,(H,29,30)(H,24,25,31);2H,7H2,1H3/t15-,16-,17+;13-,14+;2-/m001/s1. The van der Waals surface area contributed by atoms with Crippen molar-refractivity contribution in [2.24, 2.45) is 11.7 Å². The molecule has 0 saturated carbocycles. The zero-order valence-corrected chi connectivity index (χ0v) is 45.1. The molecular weight excluding hydrogens is 1080 g/mol. The van der Waals surface area contributed by atoms with Crippen molar-refractivity contribution in [3.05, 3.63) is 60.4 Å². The number of halogens is 6. The lowest BCUT2D eigenvalue weighted by molar-refractivity contribution is -0.168. The number of fused-ring (bicyclic) bond motifs is 8. The number of alkyl halides is 6. The summed E-state index contributed by atoms with van der Waals surface area (Å²) < 4.78 is 106. The van der Waals surface area contributed by atoms with Gasteiger partial charge in [-0.1, -0.05) is 19.1 Å². The average Bonchev–Trinajstić information content (AvgIpc) is 4.12. The highest BCUT2D eigenvalue weighted by Gasteiger charge is 2.43. The minimum Gasteiger partial charge on any atom is -0.475 e. The SMILES string of the molecule is CC1(C)OC[C@@H](COc2cccc(NC(=O)N3c4nc(C(=O)O)ncc4N4CCC[C@H]3C4)n2)O1.C[C@@H](CC(=O)c1ncc2c(n1)N(C(=O)Nc1cccc(OC[C@@H]3COC(C)(C)O3)n1)[C@H]1CCCN2C1)C(F)(F)F.C[C@@H](N)C(F)(F)F. The predicted molar refractivity (Wildman–Crippen MR) is 278 cm³/mol. The molecule has 6 atom stereocenters. The van der Waals surface area contributed by atoms with E-state index in [0.717, 1.165) is 39.7 Å². The van der Waals surface area contributed by atoms with E-state index in [1.807, 2.05) is 32.6 Å². The Morgan fingerprint density at radius 2 is 1.14 bits per heavy atom. The van der Waals surface area contributed by atoms with Crippen LogP contribution in [0.4, 0.5) is 70.6 Å². The van der Waals surface area contributed by atoms with Gasteiger partial charge in [-0.2, -0.15) is 36.3 Å². The second kappa shape index (κ2) is 24.4. The number of ketones is 1. The van der Waals surface area contributed by atoms with Crippen LogP contribution in [0.15, 0.2) is 48.8 Å². The number of rotatable bonds is 12. The molecule has 6 aliphatic rings. The highest BCUT2D eigenvalue weighted by atomic mass is 19.4. The van der Waals surface area contributed by atoms with Crippen LogP contribution in [0.1, 0.15) is 94.9 Å². The third kappa shape index (κ3) is 15.2. The van der Waals surface area contributed by atoms with Crippen LogP contribution in [0, 0.1) is 5.92 Å². The molecule has 4 aromatic rings. The van der Waals surface area contributed by atoms with Crippen molar-refractivity contribution in [1.82, 2.24) is 29.9 Å². The van der Waals surface area contributed by atoms with Gasteiger partial charge < -0.3 is 49.1 Å². The van der Waals surface area contributed by atoms with Crippen LogP contribution in [0.2, 0.25) is 0 Å². The molecule has 6 aliphatic heterocycles. The molecule has 10 heterocycles. The first-order valence-corrected chi connectivity index (χ1v) is 26.1. The topological polar surface area (TPSA) is 284 Å². The number of nitrogens with zero attached hydrogens (tertiary/aromatic N) is 10. The van der Waals surface area contributed by atoms with Gasteiger partial charge >= 0.3 is 30.4 Å². The molecule has 0 radical (unpaired) electrons. The Morgan fingerprint density at radius 3 is 1.53 bits per heavy atom. The van der Waals surface area contributed by atoms with Crippen LogP contribution in [0.25, 0.3) is 0 Å². The minimum atomic E-state index is -4.52. The van der Waals surface area contributed by atoms with E-state index in [1.165, 1.54) is 22.2 Å². The van der Waals surface area contributed by atoms with Crippen LogP contribution in [-0.2, 0) is 18.9 Å². The highest BCUT2D eigenvalue weighted by molar-refractivity contribution is 6.05. The van der Waals surface area contributed by atoms with E-state index in [2.05, 4.69) is 51.2 Å². The summed E-state index contributed by atoms with van der Waals surface area (Å²) in [6.45, 7) is 13.2. The van der Waals surface area contributed by atoms with E-state index >= 15 is 0 Å². The summed E-state index contributed by atoms with van der Waals surface area (Å²) in [6.07, 6.45) is -3.92. The van der Waals surface area contributed by atoms with Crippen molar-refractivity contribution in [2.45, 2.75) is 128 Å². The molecule has 30 heteroatoms. The number of carbonyl (C=O) groups excluding carboxylic acids is 3. The van der Waals surface area contributed by atoms with Gasteiger partial charge in [0.2, 0.25) is 23.4 Å². The monoisotopic (exact) mass is 1150 g/mol. The number of nitrogens with one attached hydrogen (secondary N) is 2. The van der Waals surface area contributed by atoms with Crippen LogP contribution < -0.4 is 45.4 Å². The van der Waals surface area contributed by atoms with E-state index in [1.54, 1.807) is 36.4 Å². The number of hydrogen-bond donors (Lipinski definition) is 4. The lowest BCUT2D eigenvalue weighted by atomic mass is 10.00. The second-order valence-electron chi connectivity index (χ2n) is 20.8. The van der Waals surface area contributed by atoms with Gasteiger partial charge in [-0.05, 0) is 72.4 Å². The Balaban J connectivity index is 0.000000192. The molecule has 0 aromatic carbocycles. The lowest BCUT2D eigenvalue weighted by Crippen LogP contribution is -2.56. The van der Waals surface area contributed by atoms with Gasteiger partial charge in [-0.25, -0.2) is 34.3 Å². The highest BCUT2D eigenvalue weighted by Crippen LogP contribution is 2.40. The van der Waals surface area contributed by atoms with Crippen LogP contribution in [0.5, 0.6) is 11.8 Å². The molecule has 4 saturated heterocycles. The van der Waals surface area contributed by atoms with Crippen LogP contribution in [-0.4, -0.2) is 166 Å². The Hall–Kier alpha value is -7.28. The fourth-order valence-electron chi connectivity index (χ4n) is 9.41.